The summed E-state index contributed by atoms with van der Waals surface area (Å²) in [5, 5.41) is 13.8. The number of anilines is 1. The van der Waals surface area contributed by atoms with Gasteiger partial charge in [-0.2, -0.15) is 0 Å². The number of rotatable bonds is 4. The highest BCUT2D eigenvalue weighted by Crippen LogP contribution is 2.22. The van der Waals surface area contributed by atoms with Crippen LogP contribution in [0.3, 0.4) is 0 Å². The van der Waals surface area contributed by atoms with Crippen molar-refractivity contribution >= 4 is 39.9 Å². The molecule has 2 heterocycles. The Hall–Kier alpha value is -3.48. The number of nitrogens with zero attached hydrogens (tertiary/aromatic N) is 2. The molecule has 0 atom stereocenters. The van der Waals surface area contributed by atoms with Gasteiger partial charge >= 0.3 is 0 Å². The number of fused-ring (bicyclic) bond motifs is 1. The summed E-state index contributed by atoms with van der Waals surface area (Å²) < 4.78 is 6.07. The zero-order chi connectivity index (χ0) is 22.0. The molecule has 156 valence electrons. The molecule has 4 aromatic rings. The van der Waals surface area contributed by atoms with Crippen LogP contribution in [0.15, 0.2) is 70.2 Å². The maximum atomic E-state index is 13.2. The lowest BCUT2D eigenvalue weighted by atomic mass is 10.1. The maximum Gasteiger partial charge on any atom is 0.261 e. The van der Waals surface area contributed by atoms with Crippen LogP contribution in [0, 0.1) is 13.8 Å². The number of carbonyl (C=O) groups excluding carboxylic acids is 1. The first-order chi connectivity index (χ1) is 14.9. The Bertz CT molecular complexity index is 1340. The molecule has 1 amide bonds. The molecule has 0 spiro atoms. The Morgan fingerprint density at radius 1 is 1.16 bits per heavy atom. The van der Waals surface area contributed by atoms with Gasteiger partial charge in [-0.3, -0.25) is 9.78 Å². The van der Waals surface area contributed by atoms with Crippen molar-refractivity contribution in [1.82, 2.24) is 4.98 Å². The molecular weight excluding hydrogens is 414 g/mol. The van der Waals surface area contributed by atoms with E-state index in [9.17, 15) is 9.90 Å². The molecule has 0 aliphatic carbocycles. The number of aliphatic hydroxyl groups excluding tert-OH is 1. The lowest BCUT2D eigenvalue weighted by Gasteiger charge is -2.10. The van der Waals surface area contributed by atoms with Crippen molar-refractivity contribution in [1.29, 1.82) is 0 Å². The number of pyridine rings is 1. The number of hydrogen-bond acceptors (Lipinski definition) is 5. The minimum absolute atomic E-state index is 0.157. The van der Waals surface area contributed by atoms with E-state index in [-0.39, 0.29) is 17.7 Å². The molecule has 4 rings (SSSR count). The van der Waals surface area contributed by atoms with Gasteiger partial charge in [-0.1, -0.05) is 23.7 Å². The fourth-order valence-corrected chi connectivity index (χ4v) is 3.33. The molecule has 0 bridgehead atoms. The fraction of sp³-hybridized carbons (Fsp3) is 0.125. The first-order valence-corrected chi connectivity index (χ1v) is 10.0. The number of hydrogen-bond donors (Lipinski definition) is 2. The van der Waals surface area contributed by atoms with Crippen LogP contribution in [0.25, 0.3) is 11.0 Å². The number of aryl methyl sites for hydroxylation is 2. The molecule has 2 N–H and O–H groups in total. The number of aromatic nitrogens is 1. The topological polar surface area (TPSA) is 87.7 Å². The Morgan fingerprint density at radius 2 is 1.94 bits per heavy atom. The van der Waals surface area contributed by atoms with Gasteiger partial charge in [0.15, 0.2) is 5.58 Å². The summed E-state index contributed by atoms with van der Waals surface area (Å²) in [6.07, 6.45) is 1.57. The molecule has 2 aromatic heterocycles. The van der Waals surface area contributed by atoms with E-state index in [0.29, 0.717) is 38.6 Å². The summed E-state index contributed by atoms with van der Waals surface area (Å²) >= 11 is 5.93. The Balaban J connectivity index is 1.92. The van der Waals surface area contributed by atoms with Gasteiger partial charge in [0.05, 0.1) is 18.0 Å². The zero-order valence-corrected chi connectivity index (χ0v) is 17.8. The second-order valence-corrected chi connectivity index (χ2v) is 7.58. The van der Waals surface area contributed by atoms with Crippen LogP contribution in [0.5, 0.6) is 0 Å². The zero-order valence-electron chi connectivity index (χ0n) is 17.0. The molecule has 0 aliphatic heterocycles. The molecule has 0 fully saturated rings. The van der Waals surface area contributed by atoms with Gasteiger partial charge in [-0.25, -0.2) is 4.99 Å². The number of carbonyl (C=O) groups is 1. The van der Waals surface area contributed by atoms with Crippen LogP contribution in [-0.2, 0) is 6.61 Å². The van der Waals surface area contributed by atoms with Crippen LogP contribution in [0.1, 0.15) is 27.2 Å². The normalized spacial score (nSPS) is 11.7. The molecule has 31 heavy (non-hydrogen) atoms. The van der Waals surface area contributed by atoms with Gasteiger partial charge in [-0.05, 0) is 61.9 Å². The molecule has 0 aliphatic rings. The van der Waals surface area contributed by atoms with Crippen molar-refractivity contribution in [3.63, 3.8) is 0 Å². The summed E-state index contributed by atoms with van der Waals surface area (Å²) in [7, 11) is 0. The van der Waals surface area contributed by atoms with Crippen LogP contribution < -0.4 is 10.9 Å². The van der Waals surface area contributed by atoms with Crippen molar-refractivity contribution in [3.05, 3.63) is 93.8 Å². The molecule has 0 unspecified atom stereocenters. The summed E-state index contributed by atoms with van der Waals surface area (Å²) in [5.41, 5.74) is 4.35. The third-order valence-corrected chi connectivity index (χ3v) is 5.05. The monoisotopic (exact) mass is 433 g/mol. The van der Waals surface area contributed by atoms with Gasteiger partial charge in [-0.15, -0.1) is 0 Å². The van der Waals surface area contributed by atoms with E-state index in [1.54, 1.807) is 43.5 Å². The second kappa shape index (κ2) is 8.71. The summed E-state index contributed by atoms with van der Waals surface area (Å²) in [4.78, 5) is 22.0. The predicted octanol–water partition coefficient (Wildman–Crippen LogP) is 5.08. The summed E-state index contributed by atoms with van der Waals surface area (Å²) in [6.45, 7) is 3.54. The van der Waals surface area contributed by atoms with Gasteiger partial charge in [0, 0.05) is 27.9 Å². The smallest absolute Gasteiger partial charge is 0.261 e. The highest BCUT2D eigenvalue weighted by molar-refractivity contribution is 6.30. The number of amides is 1. The number of aliphatic hydroxyl groups is 1. The molecule has 0 saturated carbocycles. The lowest BCUT2D eigenvalue weighted by molar-refractivity contribution is 0.102. The van der Waals surface area contributed by atoms with Crippen LogP contribution in [-0.4, -0.2) is 16.0 Å². The first-order valence-electron chi connectivity index (χ1n) is 9.66. The largest absolute Gasteiger partial charge is 0.436 e. The minimum Gasteiger partial charge on any atom is -0.436 e. The van der Waals surface area contributed by atoms with Crippen molar-refractivity contribution in [3.8, 4) is 0 Å². The van der Waals surface area contributed by atoms with E-state index in [1.807, 2.05) is 31.2 Å². The van der Waals surface area contributed by atoms with E-state index in [1.165, 1.54) is 0 Å². The van der Waals surface area contributed by atoms with Crippen molar-refractivity contribution in [2.24, 2.45) is 4.99 Å². The second-order valence-electron chi connectivity index (χ2n) is 7.15. The summed E-state index contributed by atoms with van der Waals surface area (Å²) in [5.74, 6) is -0.391. The Kier molecular flexibility index (Phi) is 5.84. The van der Waals surface area contributed by atoms with Crippen molar-refractivity contribution in [2.75, 3.05) is 5.32 Å². The average Bonchev–Trinajstić information content (AvgIpc) is 2.75. The minimum atomic E-state index is -0.391. The van der Waals surface area contributed by atoms with E-state index >= 15 is 0 Å². The van der Waals surface area contributed by atoms with Crippen LogP contribution in [0.4, 0.5) is 11.4 Å². The van der Waals surface area contributed by atoms with E-state index in [2.05, 4.69) is 15.3 Å². The van der Waals surface area contributed by atoms with E-state index < -0.39 is 5.91 Å². The first kappa shape index (κ1) is 20.8. The van der Waals surface area contributed by atoms with E-state index in [4.69, 9.17) is 16.0 Å². The maximum absolute atomic E-state index is 13.2. The molecular formula is C24H20ClN3O3. The lowest BCUT2D eigenvalue weighted by Crippen LogP contribution is -2.22. The van der Waals surface area contributed by atoms with Crippen molar-refractivity contribution < 1.29 is 14.3 Å². The van der Waals surface area contributed by atoms with E-state index in [0.717, 1.165) is 5.56 Å². The fourth-order valence-electron chi connectivity index (χ4n) is 3.21. The van der Waals surface area contributed by atoms with Crippen molar-refractivity contribution in [2.45, 2.75) is 20.5 Å². The number of nitrogens with one attached hydrogen (secondary N) is 1. The van der Waals surface area contributed by atoms with Gasteiger partial charge < -0.3 is 14.8 Å². The SMILES string of the molecule is Cc1cccc(N=c2oc3c(C)ncc(CO)c3cc2C(=O)Nc2ccc(Cl)cc2)c1. The highest BCUT2D eigenvalue weighted by atomic mass is 35.5. The van der Waals surface area contributed by atoms with Gasteiger partial charge in [0.1, 0.15) is 5.56 Å². The molecule has 6 nitrogen and oxygen atoms in total. The summed E-state index contributed by atoms with van der Waals surface area (Å²) in [6, 6.07) is 16.1. The predicted molar refractivity (Wildman–Crippen MR) is 120 cm³/mol. The Morgan fingerprint density at radius 3 is 2.65 bits per heavy atom. The van der Waals surface area contributed by atoms with Crippen LogP contribution in [0.2, 0.25) is 5.02 Å². The average molecular weight is 434 g/mol. The standard InChI is InChI=1S/C24H20ClN3O3/c1-14-4-3-5-19(10-14)28-24-21(23(30)27-18-8-6-17(25)7-9-18)11-20-16(13-29)12-26-15(2)22(20)31-24/h3-12,29H,13H2,1-2H3,(H,27,30). The third-order valence-electron chi connectivity index (χ3n) is 4.80. The van der Waals surface area contributed by atoms with Gasteiger partial charge in [0.25, 0.3) is 5.91 Å². The van der Waals surface area contributed by atoms with Crippen LogP contribution >= 0.6 is 11.6 Å². The number of halogens is 1. The molecule has 0 saturated heterocycles. The molecule has 0 radical (unpaired) electrons. The highest BCUT2D eigenvalue weighted by Gasteiger charge is 2.16. The Labute approximate surface area is 183 Å². The third kappa shape index (κ3) is 4.50. The number of benzene rings is 2. The quantitative estimate of drug-likeness (QED) is 0.470. The molecule has 7 heteroatoms. The van der Waals surface area contributed by atoms with Gasteiger partial charge in [0.2, 0.25) is 5.55 Å². The molecule has 2 aromatic carbocycles.